The Hall–Kier alpha value is -6.55. The molecule has 0 saturated heterocycles. The van der Waals surface area contributed by atoms with Crippen molar-refractivity contribution in [3.8, 4) is 10.6 Å². The van der Waals surface area contributed by atoms with E-state index >= 15 is 0 Å². The molecule has 5 aromatic carbocycles. The summed E-state index contributed by atoms with van der Waals surface area (Å²) >= 11 is 0. The molecular weight excluding hydrogens is 1070 g/mol. The lowest BCUT2D eigenvalue weighted by atomic mass is 9.90. The van der Waals surface area contributed by atoms with E-state index in [0.29, 0.717) is 18.6 Å². The number of aromatic hydroxyl groups is 1. The lowest BCUT2D eigenvalue weighted by Gasteiger charge is -2.30. The van der Waals surface area contributed by atoms with Gasteiger partial charge in [-0.3, -0.25) is 14.6 Å². The highest BCUT2D eigenvalue weighted by atomic mass is 32.2. The Balaban J connectivity index is 0.000000272. The number of ether oxygens (including phenoxy) is 3. The third kappa shape index (κ3) is 20.1. The molecule has 440 valence electrons. The quantitative estimate of drug-likeness (QED) is 0.0449. The zero-order valence-electron chi connectivity index (χ0n) is 50.1. The van der Waals surface area contributed by atoms with Crippen LogP contribution in [0.15, 0.2) is 152 Å². The second kappa shape index (κ2) is 30.0. The number of rotatable bonds is 15. The second-order valence-electron chi connectivity index (χ2n) is 22.6. The molecule has 7 aromatic rings. The molecule has 1 N–H and O–H groups in total. The minimum Gasteiger partial charge on any atom is -0.743 e. The fourth-order valence-electron chi connectivity index (χ4n) is 7.27. The molecule has 3 atom stereocenters. The number of alkyl halides is 2. The van der Waals surface area contributed by atoms with Crippen LogP contribution in [0.3, 0.4) is 0 Å². The lowest BCUT2D eigenvalue weighted by molar-refractivity contribution is -0.168. The van der Waals surface area contributed by atoms with Crippen molar-refractivity contribution in [1.29, 1.82) is 0 Å². The molecule has 0 saturated carbocycles. The molecule has 3 unspecified atom stereocenters. The smallest absolute Gasteiger partial charge is 0.370 e. The number of carbonyl (C=O) groups excluding carboxylic acids is 3. The third-order valence-electron chi connectivity index (χ3n) is 14.0. The van der Waals surface area contributed by atoms with Gasteiger partial charge in [0.2, 0.25) is 0 Å². The maximum atomic E-state index is 13.2. The largest absolute Gasteiger partial charge is 0.743 e. The number of aromatic nitrogens is 1. The van der Waals surface area contributed by atoms with Crippen LogP contribution in [0.25, 0.3) is 25.1 Å². The number of nitrogens with zero attached hydrogens (tertiary/aromatic N) is 1. The average Bonchev–Trinajstić information content (AvgIpc) is 3.85. The SMILES string of the molecule is CCC(C)(C)C(=O)OC(C)(C)C.CCC(C)(C)C(=O)OC(C)(C)c1ccncc1.CCC(C)c1ccc(C(=O)OC(C)C(F)(F)S(=O)(=O)[O-])cc1.CCC(C)c1ccc(O)cc1.c1ccc(-[s+]2c3ccccc3c3ccccc32)cc1. The summed E-state index contributed by atoms with van der Waals surface area (Å²) in [6.07, 6.45) is 4.64. The monoisotopic (exact) mass is 1150 g/mol. The van der Waals surface area contributed by atoms with Crippen LogP contribution in [0.1, 0.15) is 175 Å². The first kappa shape index (κ1) is 68.7. The van der Waals surface area contributed by atoms with Gasteiger partial charge in [-0.1, -0.05) is 108 Å². The van der Waals surface area contributed by atoms with Gasteiger partial charge in [0.05, 0.1) is 16.4 Å². The Morgan fingerprint density at radius 3 is 1.41 bits per heavy atom. The number of phenols is 1. The van der Waals surface area contributed by atoms with E-state index in [0.717, 1.165) is 36.8 Å². The van der Waals surface area contributed by atoms with Crippen molar-refractivity contribution in [3.63, 3.8) is 0 Å². The molecule has 0 aliphatic carbocycles. The van der Waals surface area contributed by atoms with E-state index in [1.807, 2.05) is 114 Å². The Morgan fingerprint density at radius 2 is 1.00 bits per heavy atom. The predicted octanol–water partition coefficient (Wildman–Crippen LogP) is 17.6. The predicted molar refractivity (Wildman–Crippen MR) is 324 cm³/mol. The maximum Gasteiger partial charge on any atom is 0.370 e. The first-order valence-electron chi connectivity index (χ1n) is 27.5. The molecule has 0 radical (unpaired) electrons. The van der Waals surface area contributed by atoms with Gasteiger partial charge in [-0.15, -0.1) is 0 Å². The molecule has 81 heavy (non-hydrogen) atoms. The molecule has 0 fully saturated rings. The standard InChI is InChI=1S/C18H13S.C14H18F2O5S.C14H21NO2.C10H20O2.C10H14O/c1-2-8-14(9-3-1)19-17-12-6-4-10-15(17)16-11-5-7-13-18(16)19;1-4-9(2)11-5-7-12(8-6-11)13(17)21-10(3)14(15,16)22(18,19)20;1-6-13(2,3)12(16)17-14(4,5)11-7-9-15-10-8-11;1-7-10(5,6)8(11)12-9(2,3)4;1-3-8(2)9-4-6-10(11)7-5-9/h1-13H;5-10H,4H2,1-3H3,(H,18,19,20);7-10H,6H2,1-5H3;7H2,1-6H3;4-8,11H,3H2,1-2H3/q+1;;;;/p-1. The van der Waals surface area contributed by atoms with Crippen molar-refractivity contribution in [3.05, 3.63) is 174 Å². The summed E-state index contributed by atoms with van der Waals surface area (Å²) < 4.78 is 76.0. The second-order valence-corrected chi connectivity index (χ2v) is 26.0. The summed E-state index contributed by atoms with van der Waals surface area (Å²) in [7, 11) is -5.85. The van der Waals surface area contributed by atoms with E-state index in [2.05, 4.69) is 102 Å². The van der Waals surface area contributed by atoms with Gasteiger partial charge in [-0.05, 0) is 196 Å². The van der Waals surface area contributed by atoms with Gasteiger partial charge in [0.1, 0.15) is 17.0 Å². The summed E-state index contributed by atoms with van der Waals surface area (Å²) in [5.74, 6) is -0.183. The number of halogens is 2. The highest BCUT2D eigenvalue weighted by molar-refractivity contribution is 7.86. The van der Waals surface area contributed by atoms with Crippen LogP contribution in [0.2, 0.25) is 0 Å². The van der Waals surface area contributed by atoms with Crippen molar-refractivity contribution in [2.45, 2.75) is 171 Å². The van der Waals surface area contributed by atoms with Crippen molar-refractivity contribution in [1.82, 2.24) is 4.98 Å². The Labute approximate surface area is 483 Å². The molecule has 11 nitrogen and oxygen atoms in total. The molecule has 0 spiro atoms. The molecule has 0 aliphatic rings. The fraction of sp³-hybridized carbons (Fsp3) is 0.424. The Kier molecular flexibility index (Phi) is 25.4. The first-order chi connectivity index (χ1) is 37.7. The summed E-state index contributed by atoms with van der Waals surface area (Å²) in [5, 5.41) is 7.12. The first-order valence-corrected chi connectivity index (χ1v) is 30.1. The van der Waals surface area contributed by atoms with Gasteiger partial charge < -0.3 is 23.9 Å². The van der Waals surface area contributed by atoms with Gasteiger partial charge in [0, 0.05) is 33.6 Å². The summed E-state index contributed by atoms with van der Waals surface area (Å²) in [6, 6.07) is 45.7. The minimum atomic E-state index is -5.91. The van der Waals surface area contributed by atoms with Crippen LogP contribution in [-0.4, -0.2) is 57.9 Å². The molecular formula is C66H85F2NO10S2. The van der Waals surface area contributed by atoms with Gasteiger partial charge >= 0.3 is 23.2 Å². The molecule has 2 heterocycles. The van der Waals surface area contributed by atoms with E-state index in [1.54, 1.807) is 36.7 Å². The normalized spacial score (nSPS) is 13.0. The number of esters is 3. The zero-order chi connectivity index (χ0) is 61.1. The van der Waals surface area contributed by atoms with Crippen LogP contribution < -0.4 is 0 Å². The van der Waals surface area contributed by atoms with Gasteiger partial charge in [0.15, 0.2) is 30.5 Å². The van der Waals surface area contributed by atoms with Crippen LogP contribution in [0, 0.1) is 10.8 Å². The molecule has 0 aliphatic heterocycles. The number of thiophene rings is 1. The van der Waals surface area contributed by atoms with Gasteiger partial charge in [-0.25, -0.2) is 13.2 Å². The number of fused-ring (bicyclic) bond motifs is 3. The number of hydrogen-bond acceptors (Lipinski definition) is 11. The number of hydrogen-bond donors (Lipinski definition) is 1. The van der Waals surface area contributed by atoms with Crippen molar-refractivity contribution >= 4 is 58.7 Å². The number of pyridine rings is 1. The zero-order valence-corrected chi connectivity index (χ0v) is 51.8. The molecule has 0 amide bonds. The summed E-state index contributed by atoms with van der Waals surface area (Å²) in [4.78, 5) is 40.6. The van der Waals surface area contributed by atoms with Crippen LogP contribution in [0.4, 0.5) is 8.78 Å². The van der Waals surface area contributed by atoms with E-state index in [4.69, 9.17) is 14.6 Å². The van der Waals surface area contributed by atoms with E-state index < -0.39 is 38.5 Å². The van der Waals surface area contributed by atoms with E-state index in [9.17, 15) is 36.1 Å². The maximum absolute atomic E-state index is 13.2. The van der Waals surface area contributed by atoms with Crippen molar-refractivity contribution in [2.24, 2.45) is 10.8 Å². The van der Waals surface area contributed by atoms with E-state index in [1.165, 1.54) is 42.8 Å². The van der Waals surface area contributed by atoms with Crippen LogP contribution in [0.5, 0.6) is 5.75 Å². The Morgan fingerprint density at radius 1 is 0.593 bits per heavy atom. The van der Waals surface area contributed by atoms with E-state index in [-0.39, 0.29) is 44.9 Å². The number of benzene rings is 5. The van der Waals surface area contributed by atoms with Crippen molar-refractivity contribution in [2.75, 3.05) is 0 Å². The molecule has 2 aromatic heterocycles. The van der Waals surface area contributed by atoms with Crippen LogP contribution in [-0.2, 0) is 39.5 Å². The minimum absolute atomic E-state index is 0.00185. The lowest BCUT2D eigenvalue weighted by Crippen LogP contribution is -2.42. The van der Waals surface area contributed by atoms with Crippen molar-refractivity contribution < 1.29 is 55.5 Å². The van der Waals surface area contributed by atoms with Crippen LogP contribution >= 0.6 is 10.5 Å². The topological polar surface area (TPSA) is 169 Å². The molecule has 15 heteroatoms. The summed E-state index contributed by atoms with van der Waals surface area (Å²) in [6.45, 7) is 30.0. The number of carbonyl (C=O) groups is 3. The number of phenolic OH excluding ortho intramolecular Hbond substituents is 1. The van der Waals surface area contributed by atoms with Gasteiger partial charge in [0.25, 0.3) is 0 Å². The highest BCUT2D eigenvalue weighted by Crippen LogP contribution is 2.48. The average molecular weight is 1150 g/mol. The molecule has 0 bridgehead atoms. The third-order valence-corrected chi connectivity index (χ3v) is 17.3. The van der Waals surface area contributed by atoms with Gasteiger partial charge in [-0.2, -0.15) is 8.78 Å². The molecule has 7 rings (SSSR count). The Bertz CT molecular complexity index is 3140. The fourth-order valence-corrected chi connectivity index (χ4v) is 10.1. The summed E-state index contributed by atoms with van der Waals surface area (Å²) in [5.41, 5.74) is 1.43. The highest BCUT2D eigenvalue weighted by Gasteiger charge is 2.46.